The predicted molar refractivity (Wildman–Crippen MR) is 89.3 cm³/mol. The molecule has 10 heteroatoms. The third kappa shape index (κ3) is 5.01. The monoisotopic (exact) mass is 385 g/mol. The molecule has 0 bridgehead atoms. The van der Waals surface area contributed by atoms with Gasteiger partial charge in [-0.05, 0) is 5.56 Å². The number of nitrogens with one attached hydrogen (secondary N) is 1. The Bertz CT molecular complexity index is 655. The molecule has 0 saturated carbocycles. The average molecular weight is 385 g/mol. The van der Waals surface area contributed by atoms with Gasteiger partial charge in [0.15, 0.2) is 0 Å². The Morgan fingerprint density at radius 1 is 1.26 bits per heavy atom. The summed E-state index contributed by atoms with van der Waals surface area (Å²) < 4.78 is 5.01. The van der Waals surface area contributed by atoms with Crippen LogP contribution in [0.5, 0.6) is 0 Å². The quantitative estimate of drug-likeness (QED) is 0.264. The number of aliphatic hydroxyl groups excluding tert-OH is 4. The van der Waals surface area contributed by atoms with E-state index in [2.05, 4.69) is 5.32 Å². The number of carboxylic acid groups (broad SMARTS) is 1. The summed E-state index contributed by atoms with van der Waals surface area (Å²) in [6, 6.07) is 7.33. The second-order valence-corrected chi connectivity index (χ2v) is 6.44. The Kier molecular flexibility index (Phi) is 6.87. The summed E-state index contributed by atoms with van der Waals surface area (Å²) in [6.45, 7) is -0.882. The maximum atomic E-state index is 12.3. The van der Waals surface area contributed by atoms with Crippen LogP contribution in [0.3, 0.4) is 0 Å². The van der Waals surface area contributed by atoms with Crippen LogP contribution in [0.1, 0.15) is 12.0 Å². The summed E-state index contributed by atoms with van der Waals surface area (Å²) in [5, 5.41) is 60.7. The number of benzene rings is 1. The van der Waals surface area contributed by atoms with Crippen molar-refractivity contribution in [2.24, 2.45) is 0 Å². The summed E-state index contributed by atoms with van der Waals surface area (Å²) in [5.74, 6) is -5.17. The van der Waals surface area contributed by atoms with E-state index in [0.717, 1.165) is 0 Å². The lowest BCUT2D eigenvalue weighted by molar-refractivity contribution is -0.295. The minimum Gasteiger partial charge on any atom is -0.477 e. The molecule has 1 amide bonds. The van der Waals surface area contributed by atoms with Crippen molar-refractivity contribution in [3.8, 4) is 0 Å². The first kappa shape index (κ1) is 21.2. The molecule has 27 heavy (non-hydrogen) atoms. The molecular weight excluding hydrogens is 362 g/mol. The van der Waals surface area contributed by atoms with E-state index in [1.54, 1.807) is 30.3 Å². The van der Waals surface area contributed by atoms with Crippen molar-refractivity contribution in [3.63, 3.8) is 0 Å². The maximum absolute atomic E-state index is 12.3. The molecule has 1 aliphatic rings. The Morgan fingerprint density at radius 3 is 2.44 bits per heavy atom. The second-order valence-electron chi connectivity index (χ2n) is 6.44. The summed E-state index contributed by atoms with van der Waals surface area (Å²) in [4.78, 5) is 23.5. The highest BCUT2D eigenvalue weighted by Crippen LogP contribution is 2.30. The molecule has 150 valence electrons. The second kappa shape index (κ2) is 8.74. The fraction of sp³-hybridized carbons (Fsp3) is 0.529. The van der Waals surface area contributed by atoms with Gasteiger partial charge in [0.1, 0.15) is 18.3 Å². The number of aliphatic hydroxyl groups is 5. The van der Waals surface area contributed by atoms with E-state index in [1.165, 1.54) is 0 Å². The predicted octanol–water partition coefficient (Wildman–Crippen LogP) is -2.65. The normalized spacial score (nSPS) is 30.3. The molecule has 1 aliphatic heterocycles. The summed E-state index contributed by atoms with van der Waals surface area (Å²) in [5.41, 5.74) is 0.677. The van der Waals surface area contributed by atoms with Crippen molar-refractivity contribution >= 4 is 11.9 Å². The molecule has 0 aliphatic carbocycles. The molecule has 10 nitrogen and oxygen atoms in total. The molecule has 2 rings (SSSR count). The van der Waals surface area contributed by atoms with Gasteiger partial charge in [0.05, 0.1) is 25.2 Å². The maximum Gasteiger partial charge on any atom is 0.364 e. The van der Waals surface area contributed by atoms with Crippen molar-refractivity contribution < 1.29 is 45.0 Å². The Labute approximate surface area is 154 Å². The first-order valence-corrected chi connectivity index (χ1v) is 8.30. The lowest BCUT2D eigenvalue weighted by Gasteiger charge is -2.44. The number of carbonyl (C=O) groups is 2. The summed E-state index contributed by atoms with van der Waals surface area (Å²) in [6.07, 6.45) is -7.72. The van der Waals surface area contributed by atoms with Crippen LogP contribution in [-0.2, 0) is 20.7 Å². The van der Waals surface area contributed by atoms with Crippen molar-refractivity contribution in [1.82, 2.24) is 5.32 Å². The van der Waals surface area contributed by atoms with Crippen LogP contribution in [0, 0.1) is 0 Å². The Hall–Kier alpha value is -2.08. The van der Waals surface area contributed by atoms with E-state index in [9.17, 15) is 30.0 Å². The zero-order valence-corrected chi connectivity index (χ0v) is 14.3. The fourth-order valence-electron chi connectivity index (χ4n) is 2.92. The topological polar surface area (TPSA) is 177 Å². The van der Waals surface area contributed by atoms with E-state index < -0.39 is 61.1 Å². The highest BCUT2D eigenvalue weighted by molar-refractivity contribution is 5.79. The molecule has 0 aromatic heterocycles. The lowest BCUT2D eigenvalue weighted by Crippen LogP contribution is -2.67. The SMILES string of the molecule is O=C(Cc1ccccc1)N[C@H]1[C@H]([C@H](O)[C@H](O)CO)O[C@](O)(C(=O)O)C[C@@H]1O. The Balaban J connectivity index is 2.19. The van der Waals surface area contributed by atoms with Crippen molar-refractivity contribution in [1.29, 1.82) is 0 Å². The molecule has 0 radical (unpaired) electrons. The van der Waals surface area contributed by atoms with Crippen LogP contribution in [0.4, 0.5) is 0 Å². The molecule has 6 atom stereocenters. The van der Waals surface area contributed by atoms with Crippen LogP contribution >= 0.6 is 0 Å². The van der Waals surface area contributed by atoms with Gasteiger partial charge < -0.3 is 40.7 Å². The van der Waals surface area contributed by atoms with Crippen molar-refractivity contribution in [3.05, 3.63) is 35.9 Å². The number of aliphatic carboxylic acids is 1. The minimum absolute atomic E-state index is 0.0569. The molecule has 0 unspecified atom stereocenters. The van der Waals surface area contributed by atoms with E-state index in [-0.39, 0.29) is 6.42 Å². The minimum atomic E-state index is -2.82. The molecule has 1 heterocycles. The molecule has 1 aromatic rings. The van der Waals surface area contributed by atoms with E-state index in [1.807, 2.05) is 0 Å². The first-order valence-electron chi connectivity index (χ1n) is 8.30. The van der Waals surface area contributed by atoms with E-state index in [0.29, 0.717) is 5.56 Å². The van der Waals surface area contributed by atoms with Crippen LogP contribution in [0.25, 0.3) is 0 Å². The van der Waals surface area contributed by atoms with E-state index in [4.69, 9.17) is 14.9 Å². The van der Waals surface area contributed by atoms with Crippen molar-refractivity contribution in [2.45, 2.75) is 49.1 Å². The zero-order chi connectivity index (χ0) is 20.2. The van der Waals surface area contributed by atoms with Gasteiger partial charge in [-0.1, -0.05) is 30.3 Å². The number of carbonyl (C=O) groups excluding carboxylic acids is 1. The largest absolute Gasteiger partial charge is 0.477 e. The smallest absolute Gasteiger partial charge is 0.364 e. The number of hydrogen-bond donors (Lipinski definition) is 7. The standard InChI is InChI=1S/C17H23NO9/c19-8-11(21)14(23)15-13(10(20)7-17(26,27-15)16(24)25)18-12(22)6-9-4-2-1-3-5-9/h1-5,10-11,13-15,19-21,23,26H,6-8H2,(H,18,22)(H,24,25)/t10-,11+,13+,14+,15+,17-/m0/s1. The van der Waals surface area contributed by atoms with Gasteiger partial charge in [-0.2, -0.15) is 0 Å². The van der Waals surface area contributed by atoms with Gasteiger partial charge in [0.2, 0.25) is 5.91 Å². The highest BCUT2D eigenvalue weighted by atomic mass is 16.7. The summed E-state index contributed by atoms with van der Waals surface area (Å²) in [7, 11) is 0. The van der Waals surface area contributed by atoms with Crippen LogP contribution in [0.2, 0.25) is 0 Å². The molecule has 0 spiro atoms. The molecule has 1 aromatic carbocycles. The molecule has 7 N–H and O–H groups in total. The van der Waals surface area contributed by atoms with Gasteiger partial charge in [-0.25, -0.2) is 4.79 Å². The van der Waals surface area contributed by atoms with Crippen LogP contribution < -0.4 is 5.32 Å². The molecule has 1 fully saturated rings. The third-order valence-electron chi connectivity index (χ3n) is 4.37. The Morgan fingerprint density at radius 2 is 1.89 bits per heavy atom. The number of ether oxygens (including phenoxy) is 1. The van der Waals surface area contributed by atoms with Gasteiger partial charge in [0, 0.05) is 6.42 Å². The molecule has 1 saturated heterocycles. The van der Waals surface area contributed by atoms with Gasteiger partial charge >= 0.3 is 5.97 Å². The van der Waals surface area contributed by atoms with Crippen LogP contribution in [0.15, 0.2) is 30.3 Å². The lowest BCUT2D eigenvalue weighted by atomic mass is 9.88. The number of amides is 1. The average Bonchev–Trinajstić information content (AvgIpc) is 2.63. The third-order valence-corrected chi connectivity index (χ3v) is 4.37. The molecular formula is C17H23NO9. The highest BCUT2D eigenvalue weighted by Gasteiger charge is 2.53. The number of hydrogen-bond acceptors (Lipinski definition) is 8. The fourth-order valence-corrected chi connectivity index (χ4v) is 2.92. The number of rotatable bonds is 7. The van der Waals surface area contributed by atoms with Crippen molar-refractivity contribution in [2.75, 3.05) is 6.61 Å². The van der Waals surface area contributed by atoms with Gasteiger partial charge in [-0.15, -0.1) is 0 Å². The van der Waals surface area contributed by atoms with Gasteiger partial charge in [0.25, 0.3) is 5.79 Å². The van der Waals surface area contributed by atoms with Crippen LogP contribution in [-0.4, -0.2) is 85.4 Å². The van der Waals surface area contributed by atoms with Gasteiger partial charge in [-0.3, -0.25) is 4.79 Å². The van der Waals surface area contributed by atoms with E-state index >= 15 is 0 Å². The summed E-state index contributed by atoms with van der Waals surface area (Å²) >= 11 is 0. The number of carboxylic acids is 1. The first-order chi connectivity index (χ1) is 12.7. The zero-order valence-electron chi connectivity index (χ0n) is 14.3.